The molecule has 0 atom stereocenters. The number of nitrogens with zero attached hydrogens (tertiary/aromatic N) is 1. The Morgan fingerprint density at radius 2 is 2.31 bits per heavy atom. The second-order valence-electron chi connectivity index (χ2n) is 2.89. The predicted molar refractivity (Wildman–Crippen MR) is 46.9 cm³/mol. The fourth-order valence-electron chi connectivity index (χ4n) is 1.38. The lowest BCUT2D eigenvalue weighted by Crippen LogP contribution is -2.07. The average molecular weight is 181 g/mol. The topological polar surface area (TPSA) is 59.3 Å². The first-order valence-corrected chi connectivity index (χ1v) is 3.90. The lowest BCUT2D eigenvalue weighted by molar-refractivity contribution is -0.107. The molecule has 1 aromatic heterocycles. The third kappa shape index (κ3) is 1.61. The number of aldehydes is 1. The molecule has 0 radical (unpaired) electrons. The number of rotatable bonds is 3. The average Bonchev–Trinajstić information content (AvgIpc) is 2.32. The van der Waals surface area contributed by atoms with Gasteiger partial charge in [-0.05, 0) is 18.6 Å². The molecule has 1 aromatic rings. The molecule has 0 saturated heterocycles. The van der Waals surface area contributed by atoms with Crippen LogP contribution in [0.25, 0.3) is 0 Å². The molecular formula is C9H11NO3. The Bertz CT molecular complexity index is 352. The highest BCUT2D eigenvalue weighted by Crippen LogP contribution is 2.13. The van der Waals surface area contributed by atoms with Gasteiger partial charge in [0.05, 0.1) is 0 Å². The number of carbonyl (C=O) groups is 2. The summed E-state index contributed by atoms with van der Waals surface area (Å²) in [7, 11) is 1.65. The zero-order chi connectivity index (χ0) is 10.0. The van der Waals surface area contributed by atoms with Crippen molar-refractivity contribution in [1.29, 1.82) is 0 Å². The number of hydrogen-bond donors (Lipinski definition) is 1. The standard InChI is InChI=1S/C9H11NO3/c1-6-5-8(9(12)13)10(2)7(6)3-4-11/h4-5H,3H2,1-2H3,(H,12,13). The van der Waals surface area contributed by atoms with Crippen LogP contribution >= 0.6 is 0 Å². The molecular weight excluding hydrogens is 170 g/mol. The molecule has 13 heavy (non-hydrogen) atoms. The van der Waals surface area contributed by atoms with Gasteiger partial charge in [-0.25, -0.2) is 4.79 Å². The quantitative estimate of drug-likeness (QED) is 0.701. The molecule has 4 nitrogen and oxygen atoms in total. The molecule has 1 N–H and O–H groups in total. The SMILES string of the molecule is Cc1cc(C(=O)O)n(C)c1CC=O. The van der Waals surface area contributed by atoms with Crippen molar-refractivity contribution in [3.05, 3.63) is 23.0 Å². The Hall–Kier alpha value is -1.58. The first-order chi connectivity index (χ1) is 6.07. The molecule has 0 fully saturated rings. The van der Waals surface area contributed by atoms with Crippen molar-refractivity contribution in [1.82, 2.24) is 4.57 Å². The van der Waals surface area contributed by atoms with Gasteiger partial charge in [-0.1, -0.05) is 0 Å². The van der Waals surface area contributed by atoms with E-state index in [1.54, 1.807) is 20.0 Å². The minimum atomic E-state index is -0.970. The van der Waals surface area contributed by atoms with Crippen molar-refractivity contribution >= 4 is 12.3 Å². The maximum Gasteiger partial charge on any atom is 0.352 e. The normalized spacial score (nSPS) is 10.0. The van der Waals surface area contributed by atoms with Crippen molar-refractivity contribution in [3.63, 3.8) is 0 Å². The van der Waals surface area contributed by atoms with Gasteiger partial charge in [0.2, 0.25) is 0 Å². The van der Waals surface area contributed by atoms with Crippen molar-refractivity contribution in [2.75, 3.05) is 0 Å². The van der Waals surface area contributed by atoms with Gasteiger partial charge in [-0.15, -0.1) is 0 Å². The summed E-state index contributed by atoms with van der Waals surface area (Å²) in [6, 6.07) is 1.57. The van der Waals surface area contributed by atoms with E-state index in [9.17, 15) is 9.59 Å². The zero-order valence-corrected chi connectivity index (χ0v) is 7.57. The van der Waals surface area contributed by atoms with Gasteiger partial charge in [0.25, 0.3) is 0 Å². The van der Waals surface area contributed by atoms with Crippen LogP contribution in [0.1, 0.15) is 21.7 Å². The van der Waals surface area contributed by atoms with Crippen LogP contribution in [0.4, 0.5) is 0 Å². The van der Waals surface area contributed by atoms with E-state index in [1.165, 1.54) is 4.57 Å². The Balaban J connectivity index is 3.21. The molecule has 1 rings (SSSR count). The molecule has 0 unspecified atom stereocenters. The van der Waals surface area contributed by atoms with E-state index in [4.69, 9.17) is 5.11 Å². The van der Waals surface area contributed by atoms with Crippen molar-refractivity contribution in [3.8, 4) is 0 Å². The van der Waals surface area contributed by atoms with Crippen LogP contribution in [-0.4, -0.2) is 21.9 Å². The van der Waals surface area contributed by atoms with Gasteiger partial charge < -0.3 is 14.5 Å². The number of aromatic nitrogens is 1. The number of aryl methyl sites for hydroxylation is 1. The molecule has 4 heteroatoms. The summed E-state index contributed by atoms with van der Waals surface area (Å²) in [6.07, 6.45) is 1.03. The van der Waals surface area contributed by atoms with Crippen LogP contribution in [0.2, 0.25) is 0 Å². The minimum absolute atomic E-state index is 0.217. The molecule has 1 heterocycles. The zero-order valence-electron chi connectivity index (χ0n) is 7.57. The lowest BCUT2D eigenvalue weighted by atomic mass is 10.2. The highest BCUT2D eigenvalue weighted by molar-refractivity contribution is 5.86. The molecule has 0 amide bonds. The number of aromatic carboxylic acids is 1. The Morgan fingerprint density at radius 1 is 1.69 bits per heavy atom. The van der Waals surface area contributed by atoms with Crippen LogP contribution in [0.3, 0.4) is 0 Å². The Labute approximate surface area is 75.8 Å². The van der Waals surface area contributed by atoms with Crippen LogP contribution < -0.4 is 0 Å². The number of carbonyl (C=O) groups excluding carboxylic acids is 1. The summed E-state index contributed by atoms with van der Waals surface area (Å²) in [6.45, 7) is 1.80. The second kappa shape index (κ2) is 3.43. The van der Waals surface area contributed by atoms with Crippen LogP contribution in [0, 0.1) is 6.92 Å². The van der Waals surface area contributed by atoms with Gasteiger partial charge in [0.1, 0.15) is 12.0 Å². The molecule has 0 aliphatic rings. The molecule has 0 spiro atoms. The maximum atomic E-state index is 10.7. The van der Waals surface area contributed by atoms with Crippen molar-refractivity contribution in [2.45, 2.75) is 13.3 Å². The van der Waals surface area contributed by atoms with E-state index in [0.29, 0.717) is 0 Å². The molecule has 70 valence electrons. The minimum Gasteiger partial charge on any atom is -0.477 e. The summed E-state index contributed by atoms with van der Waals surface area (Å²) in [5.74, 6) is -0.970. The van der Waals surface area contributed by atoms with E-state index in [-0.39, 0.29) is 12.1 Å². The number of hydrogen-bond acceptors (Lipinski definition) is 2. The van der Waals surface area contributed by atoms with Crippen molar-refractivity contribution in [2.24, 2.45) is 7.05 Å². The summed E-state index contributed by atoms with van der Waals surface area (Å²) < 4.78 is 1.53. The van der Waals surface area contributed by atoms with Crippen LogP contribution in [-0.2, 0) is 18.3 Å². The van der Waals surface area contributed by atoms with E-state index in [2.05, 4.69) is 0 Å². The monoisotopic (exact) mass is 181 g/mol. The summed E-state index contributed by atoms with van der Waals surface area (Å²) in [5.41, 5.74) is 1.81. The molecule has 0 bridgehead atoms. The molecule has 0 aliphatic carbocycles. The van der Waals surface area contributed by atoms with E-state index >= 15 is 0 Å². The van der Waals surface area contributed by atoms with Crippen LogP contribution in [0.15, 0.2) is 6.07 Å². The Morgan fingerprint density at radius 3 is 2.69 bits per heavy atom. The fourth-order valence-corrected chi connectivity index (χ4v) is 1.38. The molecule has 0 aromatic carbocycles. The second-order valence-corrected chi connectivity index (χ2v) is 2.89. The van der Waals surface area contributed by atoms with Gasteiger partial charge in [-0.2, -0.15) is 0 Å². The summed E-state index contributed by atoms with van der Waals surface area (Å²) in [5, 5.41) is 8.76. The van der Waals surface area contributed by atoms with Gasteiger partial charge >= 0.3 is 5.97 Å². The first-order valence-electron chi connectivity index (χ1n) is 3.90. The maximum absolute atomic E-state index is 10.7. The fraction of sp³-hybridized carbons (Fsp3) is 0.333. The first kappa shape index (κ1) is 9.51. The molecule has 0 aliphatic heterocycles. The largest absolute Gasteiger partial charge is 0.477 e. The number of carboxylic acids is 1. The number of carboxylic acid groups (broad SMARTS) is 1. The lowest BCUT2D eigenvalue weighted by Gasteiger charge is -2.01. The van der Waals surface area contributed by atoms with E-state index < -0.39 is 5.97 Å². The summed E-state index contributed by atoms with van der Waals surface area (Å²) in [4.78, 5) is 21.0. The van der Waals surface area contributed by atoms with E-state index in [0.717, 1.165) is 17.5 Å². The van der Waals surface area contributed by atoms with Gasteiger partial charge in [0.15, 0.2) is 0 Å². The van der Waals surface area contributed by atoms with Gasteiger partial charge in [-0.3, -0.25) is 0 Å². The van der Waals surface area contributed by atoms with Gasteiger partial charge in [0, 0.05) is 19.2 Å². The molecule has 0 saturated carbocycles. The summed E-state index contributed by atoms with van der Waals surface area (Å²) >= 11 is 0. The Kier molecular flexibility index (Phi) is 2.51. The van der Waals surface area contributed by atoms with Crippen LogP contribution in [0.5, 0.6) is 0 Å². The van der Waals surface area contributed by atoms with E-state index in [1.807, 2.05) is 0 Å². The third-order valence-corrected chi connectivity index (χ3v) is 2.07. The predicted octanol–water partition coefficient (Wildman–Crippen LogP) is 0.773. The van der Waals surface area contributed by atoms with Crippen molar-refractivity contribution < 1.29 is 14.7 Å². The third-order valence-electron chi connectivity index (χ3n) is 2.07. The highest BCUT2D eigenvalue weighted by atomic mass is 16.4. The highest BCUT2D eigenvalue weighted by Gasteiger charge is 2.13. The smallest absolute Gasteiger partial charge is 0.352 e.